The summed E-state index contributed by atoms with van der Waals surface area (Å²) in [6.45, 7) is 1.83. The number of carbonyl (C=O) groups excluding carboxylic acids is 2. The van der Waals surface area contributed by atoms with Crippen molar-refractivity contribution in [3.8, 4) is 12.1 Å². The minimum Gasteiger partial charge on any atom is -0.450 e. The Labute approximate surface area is 217 Å². The third kappa shape index (κ3) is 2.96. The molecular weight excluding hydrogens is 486 g/mol. The van der Waals surface area contributed by atoms with Gasteiger partial charge in [0.25, 0.3) is 0 Å². The number of hydrogen-bond donors (Lipinski definition) is 1. The molecule has 9 nitrogen and oxygen atoms in total. The number of aliphatic hydroxyl groups excluding tert-OH is 1. The van der Waals surface area contributed by atoms with Crippen molar-refractivity contribution in [2.75, 3.05) is 11.5 Å². The van der Waals surface area contributed by atoms with Crippen molar-refractivity contribution in [1.29, 1.82) is 5.26 Å². The lowest BCUT2D eigenvalue weighted by Crippen LogP contribution is -2.49. The SMILES string of the molecule is CC12OC(CCOc3nc4ccccc4o3)(CC1O)C1C(=O)N(c3ccc(C#N)c4ccccc34)C(=O)C12. The number of fused-ring (bicyclic) bond motifs is 7. The molecular formula is C29H23N3O6. The van der Waals surface area contributed by atoms with E-state index in [1.165, 1.54) is 4.90 Å². The Hall–Kier alpha value is -4.26. The number of benzene rings is 3. The van der Waals surface area contributed by atoms with Gasteiger partial charge in [0.1, 0.15) is 11.1 Å². The van der Waals surface area contributed by atoms with E-state index in [0.717, 1.165) is 0 Å². The van der Waals surface area contributed by atoms with Crippen molar-refractivity contribution in [3.05, 3.63) is 66.2 Å². The summed E-state index contributed by atoms with van der Waals surface area (Å²) < 4.78 is 17.8. The van der Waals surface area contributed by atoms with E-state index in [0.29, 0.717) is 33.1 Å². The Bertz CT molecular complexity index is 1660. The van der Waals surface area contributed by atoms with Gasteiger partial charge in [0.2, 0.25) is 11.8 Å². The summed E-state index contributed by atoms with van der Waals surface area (Å²) in [5.74, 6) is -2.38. The molecule has 5 unspecified atom stereocenters. The van der Waals surface area contributed by atoms with Crippen molar-refractivity contribution in [2.45, 2.75) is 37.1 Å². The second-order valence-corrected chi connectivity index (χ2v) is 10.4. The highest BCUT2D eigenvalue weighted by molar-refractivity contribution is 6.26. The van der Waals surface area contributed by atoms with Crippen LogP contribution in [-0.2, 0) is 14.3 Å². The molecule has 3 aliphatic rings. The number of rotatable bonds is 5. The molecule has 1 N–H and O–H groups in total. The molecule has 190 valence electrons. The van der Waals surface area contributed by atoms with Gasteiger partial charge in [0.15, 0.2) is 5.58 Å². The van der Waals surface area contributed by atoms with Gasteiger partial charge >= 0.3 is 6.08 Å². The number of aromatic nitrogens is 1. The van der Waals surface area contributed by atoms with Gasteiger partial charge in [-0.1, -0.05) is 36.4 Å². The predicted octanol–water partition coefficient (Wildman–Crippen LogP) is 3.72. The smallest absolute Gasteiger partial charge is 0.394 e. The van der Waals surface area contributed by atoms with Gasteiger partial charge in [0.05, 0.1) is 47.5 Å². The number of aliphatic hydroxyl groups is 1. The summed E-state index contributed by atoms with van der Waals surface area (Å²) in [6.07, 6.45) is -0.330. The average molecular weight is 510 g/mol. The first-order valence-corrected chi connectivity index (χ1v) is 12.5. The summed E-state index contributed by atoms with van der Waals surface area (Å²) in [5.41, 5.74) is -0.116. The summed E-state index contributed by atoms with van der Waals surface area (Å²) in [6, 6.07) is 20.0. The Kier molecular flexibility index (Phi) is 4.74. The third-order valence-corrected chi connectivity index (χ3v) is 8.40. The maximum atomic E-state index is 14.0. The molecule has 5 atom stereocenters. The predicted molar refractivity (Wildman–Crippen MR) is 135 cm³/mol. The van der Waals surface area contributed by atoms with Gasteiger partial charge < -0.3 is 19.0 Å². The first-order valence-electron chi connectivity index (χ1n) is 12.5. The first-order chi connectivity index (χ1) is 18.4. The van der Waals surface area contributed by atoms with Gasteiger partial charge in [-0.25, -0.2) is 4.90 Å². The fourth-order valence-corrected chi connectivity index (χ4v) is 6.66. The molecule has 3 aromatic carbocycles. The summed E-state index contributed by atoms with van der Waals surface area (Å²) in [4.78, 5) is 33.4. The number of nitriles is 1. The number of amides is 2. The molecule has 3 aliphatic heterocycles. The van der Waals surface area contributed by atoms with Crippen LogP contribution in [0.3, 0.4) is 0 Å². The minimum absolute atomic E-state index is 0.109. The molecule has 2 bridgehead atoms. The average Bonchev–Trinajstić information content (AvgIpc) is 3.60. The van der Waals surface area contributed by atoms with Crippen molar-refractivity contribution >= 4 is 39.4 Å². The summed E-state index contributed by atoms with van der Waals surface area (Å²) >= 11 is 0. The van der Waals surface area contributed by atoms with E-state index in [1.807, 2.05) is 30.3 Å². The molecule has 4 aromatic rings. The highest BCUT2D eigenvalue weighted by Crippen LogP contribution is 2.62. The molecule has 0 saturated carbocycles. The van der Waals surface area contributed by atoms with Crippen LogP contribution >= 0.6 is 0 Å². The Morgan fingerprint density at radius 3 is 2.61 bits per heavy atom. The molecule has 9 heteroatoms. The molecule has 3 fully saturated rings. The fraction of sp³-hybridized carbons (Fsp3) is 0.310. The van der Waals surface area contributed by atoms with Crippen molar-refractivity contribution in [2.24, 2.45) is 11.8 Å². The highest BCUT2D eigenvalue weighted by atomic mass is 16.6. The Morgan fingerprint density at radius 2 is 1.82 bits per heavy atom. The van der Waals surface area contributed by atoms with Gasteiger partial charge in [-0.15, -0.1) is 0 Å². The zero-order valence-corrected chi connectivity index (χ0v) is 20.5. The Morgan fingerprint density at radius 1 is 1.08 bits per heavy atom. The zero-order valence-electron chi connectivity index (χ0n) is 20.5. The maximum absolute atomic E-state index is 14.0. The van der Waals surface area contributed by atoms with Crippen LogP contribution in [0.2, 0.25) is 0 Å². The number of anilines is 1. The number of hydrogen-bond acceptors (Lipinski definition) is 8. The van der Waals surface area contributed by atoms with Crippen LogP contribution in [-0.4, -0.2) is 45.8 Å². The van der Waals surface area contributed by atoms with E-state index in [-0.39, 0.29) is 31.4 Å². The lowest BCUT2D eigenvalue weighted by atomic mass is 9.66. The second kappa shape index (κ2) is 7.87. The number of imide groups is 1. The maximum Gasteiger partial charge on any atom is 0.394 e. The molecule has 4 heterocycles. The second-order valence-electron chi connectivity index (χ2n) is 10.4. The Balaban J connectivity index is 1.22. The molecule has 7 rings (SSSR count). The number of carbonyl (C=O) groups is 2. The van der Waals surface area contributed by atoms with Crippen LogP contribution < -0.4 is 9.64 Å². The fourth-order valence-electron chi connectivity index (χ4n) is 6.66. The van der Waals surface area contributed by atoms with Crippen molar-refractivity contribution < 1.29 is 28.6 Å². The number of para-hydroxylation sites is 2. The van der Waals surface area contributed by atoms with E-state index in [1.54, 1.807) is 37.3 Å². The van der Waals surface area contributed by atoms with Gasteiger partial charge in [-0.05, 0) is 31.2 Å². The molecule has 2 amide bonds. The molecule has 0 aliphatic carbocycles. The third-order valence-electron chi connectivity index (χ3n) is 8.40. The molecule has 0 radical (unpaired) electrons. The van der Waals surface area contributed by atoms with E-state index in [2.05, 4.69) is 11.1 Å². The van der Waals surface area contributed by atoms with Crippen LogP contribution in [0.5, 0.6) is 6.08 Å². The van der Waals surface area contributed by atoms with Crippen LogP contribution in [0.4, 0.5) is 5.69 Å². The number of ether oxygens (including phenoxy) is 2. The summed E-state index contributed by atoms with van der Waals surface area (Å²) in [7, 11) is 0. The first kappa shape index (κ1) is 22.9. The standard InChI is InChI=1S/C29H23N3O6/c1-28-22(33)14-29(38-28,12-13-36-27-31-19-8-4-5-9-21(19)37-27)24-23(28)25(34)32(26(24)35)20-11-10-16(15-30)17-6-2-3-7-18(17)20/h2-11,22-24,33H,12-14H2,1H3. The van der Waals surface area contributed by atoms with Crippen LogP contribution in [0.25, 0.3) is 21.9 Å². The van der Waals surface area contributed by atoms with Gasteiger partial charge in [0, 0.05) is 23.6 Å². The van der Waals surface area contributed by atoms with Gasteiger partial charge in [-0.2, -0.15) is 10.2 Å². The van der Waals surface area contributed by atoms with Crippen LogP contribution in [0.1, 0.15) is 25.3 Å². The zero-order chi connectivity index (χ0) is 26.2. The normalized spacial score (nSPS) is 29.8. The summed E-state index contributed by atoms with van der Waals surface area (Å²) in [5, 5.41) is 21.8. The van der Waals surface area contributed by atoms with E-state index in [4.69, 9.17) is 13.9 Å². The van der Waals surface area contributed by atoms with E-state index >= 15 is 0 Å². The number of nitrogens with zero attached hydrogens (tertiary/aromatic N) is 3. The lowest BCUT2D eigenvalue weighted by Gasteiger charge is -2.33. The number of oxazole rings is 1. The highest BCUT2D eigenvalue weighted by Gasteiger charge is 2.77. The van der Waals surface area contributed by atoms with E-state index in [9.17, 15) is 20.0 Å². The topological polar surface area (TPSA) is 126 Å². The van der Waals surface area contributed by atoms with Crippen molar-refractivity contribution in [1.82, 2.24) is 4.98 Å². The quantitative estimate of drug-likeness (QED) is 0.404. The van der Waals surface area contributed by atoms with Crippen LogP contribution in [0.15, 0.2) is 65.1 Å². The van der Waals surface area contributed by atoms with Crippen LogP contribution in [0, 0.1) is 23.2 Å². The lowest BCUT2D eigenvalue weighted by molar-refractivity contribution is -0.134. The molecule has 0 spiro atoms. The largest absolute Gasteiger partial charge is 0.450 e. The van der Waals surface area contributed by atoms with Gasteiger partial charge in [-0.3, -0.25) is 9.59 Å². The van der Waals surface area contributed by atoms with E-state index < -0.39 is 35.0 Å². The minimum atomic E-state index is -1.20. The monoisotopic (exact) mass is 509 g/mol. The molecule has 3 saturated heterocycles. The van der Waals surface area contributed by atoms with Crippen molar-refractivity contribution in [3.63, 3.8) is 0 Å². The molecule has 38 heavy (non-hydrogen) atoms. The molecule has 1 aromatic heterocycles.